The molecular formula is C98H133NO2P4Si4+4. The van der Waals surface area contributed by atoms with Crippen molar-refractivity contribution < 1.29 is 9.47 Å². The van der Waals surface area contributed by atoms with Gasteiger partial charge in [0.15, 0.2) is 0 Å². The Bertz CT molecular complexity index is 3160. The Labute approximate surface area is 676 Å². The van der Waals surface area contributed by atoms with E-state index in [0.717, 1.165) is 19.4 Å². The van der Waals surface area contributed by atoms with Crippen molar-refractivity contribution in [2.24, 2.45) is 0 Å². The van der Waals surface area contributed by atoms with Gasteiger partial charge in [0.2, 0.25) is 0 Å². The second kappa shape index (κ2) is 56.3. The molecule has 0 atom stereocenters. The van der Waals surface area contributed by atoms with E-state index in [-0.39, 0.29) is 0 Å². The van der Waals surface area contributed by atoms with Crippen LogP contribution in [0.1, 0.15) is 86.5 Å². The topological polar surface area (TPSA) is 30.5 Å². The van der Waals surface area contributed by atoms with Crippen molar-refractivity contribution in [1.82, 2.24) is 5.32 Å². The molecule has 0 spiro atoms. The van der Waals surface area contributed by atoms with Crippen LogP contribution >= 0.6 is 29.0 Å². The SMILES string of the molecule is CCC[P+](c1ccccc1)(c1ccccc1)c1ccccc1.CCC[P+](c1ccccc1)(c1ccccc1)c1ccccc1.CCC[P+](c1ccccc1)(c1ccccc1)c1ccccc1.CCC[P+](c1ccccc1)(c1ccccc1)c1ccccc1.CCC[SiH3].CCNCCC[SiH3].COCCC[SiH3].COC[SiH3]. The van der Waals surface area contributed by atoms with Gasteiger partial charge in [-0.05, 0) is 197 Å². The van der Waals surface area contributed by atoms with Crippen molar-refractivity contribution in [2.45, 2.75) is 105 Å². The lowest BCUT2D eigenvalue weighted by molar-refractivity contribution is 0.199. The summed E-state index contributed by atoms with van der Waals surface area (Å²) in [7, 11) is 2.50. The first-order valence-electron chi connectivity index (χ1n) is 40.5. The summed E-state index contributed by atoms with van der Waals surface area (Å²) in [6.45, 7) is 16.8. The lowest BCUT2D eigenvalue weighted by atomic mass is 10.4. The van der Waals surface area contributed by atoms with E-state index in [0.29, 0.717) is 0 Å². The van der Waals surface area contributed by atoms with E-state index in [2.05, 4.69) is 416 Å². The molecule has 0 heterocycles. The maximum absolute atomic E-state index is 4.80. The van der Waals surface area contributed by atoms with Crippen LogP contribution in [0.4, 0.5) is 0 Å². The van der Waals surface area contributed by atoms with Gasteiger partial charge >= 0.3 is 0 Å². The van der Waals surface area contributed by atoms with E-state index in [1.165, 1.54) is 199 Å². The van der Waals surface area contributed by atoms with Crippen LogP contribution in [0.3, 0.4) is 0 Å². The van der Waals surface area contributed by atoms with Crippen LogP contribution in [0.5, 0.6) is 0 Å². The van der Waals surface area contributed by atoms with Gasteiger partial charge in [-0.3, -0.25) is 0 Å². The van der Waals surface area contributed by atoms with Crippen molar-refractivity contribution in [1.29, 1.82) is 0 Å². The molecule has 12 aromatic carbocycles. The van der Waals surface area contributed by atoms with Gasteiger partial charge in [-0.15, -0.1) is 0 Å². The van der Waals surface area contributed by atoms with E-state index in [1.807, 2.05) is 0 Å². The van der Waals surface area contributed by atoms with Crippen molar-refractivity contribution in [3.05, 3.63) is 364 Å². The van der Waals surface area contributed by atoms with E-state index in [4.69, 9.17) is 4.74 Å². The minimum atomic E-state index is -1.55. The number of ether oxygens (including phenoxy) is 2. The third-order valence-electron chi connectivity index (χ3n) is 19.0. The molecule has 574 valence electrons. The minimum Gasteiger partial charge on any atom is -0.389 e. The normalized spacial score (nSPS) is 10.9. The molecule has 0 aromatic heterocycles. The van der Waals surface area contributed by atoms with Crippen LogP contribution < -0.4 is 69.0 Å². The van der Waals surface area contributed by atoms with Crippen molar-refractivity contribution in [3.8, 4) is 0 Å². The molecule has 0 saturated carbocycles. The minimum absolute atomic E-state index is 0.948. The van der Waals surface area contributed by atoms with Crippen LogP contribution in [0, 0.1) is 0 Å². The van der Waals surface area contributed by atoms with Gasteiger partial charge < -0.3 is 14.8 Å². The van der Waals surface area contributed by atoms with Crippen LogP contribution in [0.2, 0.25) is 18.1 Å². The van der Waals surface area contributed by atoms with Crippen molar-refractivity contribution >= 4 is 134 Å². The van der Waals surface area contributed by atoms with Gasteiger partial charge in [-0.1, -0.05) is 284 Å². The number of benzene rings is 12. The third-order valence-corrected chi connectivity index (χ3v) is 40.7. The van der Waals surface area contributed by atoms with Gasteiger partial charge in [0.25, 0.3) is 0 Å². The van der Waals surface area contributed by atoms with Crippen molar-refractivity contribution in [3.63, 3.8) is 0 Å². The molecule has 11 heteroatoms. The second-order valence-electron chi connectivity index (χ2n) is 26.8. The summed E-state index contributed by atoms with van der Waals surface area (Å²) in [6, 6.07) is 137. The molecular weight excluding hydrogens is 1460 g/mol. The van der Waals surface area contributed by atoms with E-state index >= 15 is 0 Å². The molecule has 0 fully saturated rings. The molecule has 3 nitrogen and oxygen atoms in total. The lowest BCUT2D eigenvalue weighted by Crippen LogP contribution is -2.33. The average Bonchev–Trinajstić information content (AvgIpc) is 0.785. The summed E-state index contributed by atoms with van der Waals surface area (Å²) in [5, 5.41) is 21.0. The molecule has 12 rings (SSSR count). The smallest absolute Gasteiger partial charge is 0.112 e. The predicted octanol–water partition coefficient (Wildman–Crippen LogP) is 16.3. The zero-order chi connectivity index (χ0) is 78.2. The summed E-state index contributed by atoms with van der Waals surface area (Å²) in [5.74, 6) is 0. The van der Waals surface area contributed by atoms with Gasteiger partial charge in [-0.2, -0.15) is 0 Å². The lowest BCUT2D eigenvalue weighted by Gasteiger charge is -2.27. The molecule has 0 unspecified atom stereocenters. The summed E-state index contributed by atoms with van der Waals surface area (Å²) in [6.07, 6.45) is 14.6. The molecule has 0 aliphatic rings. The fourth-order valence-electron chi connectivity index (χ4n) is 13.6. The van der Waals surface area contributed by atoms with E-state index in [9.17, 15) is 0 Å². The zero-order valence-corrected chi connectivity index (χ0v) is 80.1. The molecule has 109 heavy (non-hydrogen) atoms. The maximum atomic E-state index is 4.80. The fourth-order valence-corrected chi connectivity index (χ4v) is 31.8. The molecule has 0 radical (unpaired) electrons. The van der Waals surface area contributed by atoms with Crippen molar-refractivity contribution in [2.75, 3.05) is 64.8 Å². The van der Waals surface area contributed by atoms with E-state index < -0.39 is 29.0 Å². The molecule has 0 aliphatic carbocycles. The maximum Gasteiger partial charge on any atom is 0.112 e. The number of methoxy groups -OCH3 is 2. The molecule has 0 amide bonds. The highest BCUT2D eigenvalue weighted by Gasteiger charge is 2.47. The Morgan fingerprint density at radius 1 is 0.229 bits per heavy atom. The summed E-state index contributed by atoms with van der Waals surface area (Å²) >= 11 is 0. The van der Waals surface area contributed by atoms with Crippen LogP contribution in [-0.4, -0.2) is 106 Å². The Morgan fingerprint density at radius 2 is 0.385 bits per heavy atom. The second-order valence-corrected chi connectivity index (χ2v) is 44.8. The molecule has 12 aromatic rings. The first-order valence-corrected chi connectivity index (χ1v) is 54.1. The Balaban J connectivity index is 0.000000239. The highest BCUT2D eigenvalue weighted by molar-refractivity contribution is 7.97. The highest BCUT2D eigenvalue weighted by Crippen LogP contribution is 2.59. The Hall–Kier alpha value is -6.89. The average molecular weight is 1590 g/mol. The Kier molecular flexibility index (Phi) is 47.9. The predicted molar refractivity (Wildman–Crippen MR) is 517 cm³/mol. The van der Waals surface area contributed by atoms with Gasteiger partial charge in [0.1, 0.15) is 92.7 Å². The number of rotatable bonds is 29. The van der Waals surface area contributed by atoms with E-state index in [1.54, 1.807) is 14.2 Å². The Morgan fingerprint density at radius 3 is 0.477 bits per heavy atom. The largest absolute Gasteiger partial charge is 0.389 e. The quantitative estimate of drug-likeness (QED) is 0.0288. The van der Waals surface area contributed by atoms with Crippen LogP contribution in [0.15, 0.2) is 364 Å². The summed E-state index contributed by atoms with van der Waals surface area (Å²) in [5.41, 5.74) is 0. The summed E-state index contributed by atoms with van der Waals surface area (Å²) in [4.78, 5) is 0. The van der Waals surface area contributed by atoms with Gasteiger partial charge in [0.05, 0.1) is 24.6 Å². The summed E-state index contributed by atoms with van der Waals surface area (Å²) < 4.78 is 9.41. The van der Waals surface area contributed by atoms with Gasteiger partial charge in [0, 0.05) is 68.0 Å². The highest BCUT2D eigenvalue weighted by atomic mass is 31.2. The first-order chi connectivity index (χ1) is 53.7. The molecule has 0 bridgehead atoms. The molecule has 0 aliphatic heterocycles. The molecule has 1 N–H and O–H groups in total. The van der Waals surface area contributed by atoms with Crippen LogP contribution in [-0.2, 0) is 9.47 Å². The fraction of sp³-hybridized carbons (Fsp3) is 0.265. The first kappa shape index (κ1) is 92.7. The third kappa shape index (κ3) is 28.7. The number of hydrogen-bond donors (Lipinski definition) is 1. The number of hydrogen-bond acceptors (Lipinski definition) is 3. The molecule has 0 saturated heterocycles. The number of nitrogens with one attached hydrogen (secondary N) is 1. The standard InChI is InChI=1S/4C21H22P.C5H15NSi.C4H12OSi.C3H10Si.C2H8OSi/c4*1-2-18-22(19-12-6-3-7-13-19,20-14-8-4-9-15-20)21-16-10-5-11-17-21;1-2-6-4-3-5-7;1-5-3-2-4-6;1-2-3-4;1-3-2-4/h4*3-17H,2,18H2,1H3;6H,2-5H2,1,7H3;2-4H2,1,6H3;2-3H2,1,4H3;2H2,1,4H3/q4*+1;;;;. The monoisotopic (exact) mass is 1590 g/mol. The van der Waals surface area contributed by atoms with Crippen LogP contribution in [0.25, 0.3) is 0 Å². The zero-order valence-electron chi connectivity index (χ0n) is 68.5. The van der Waals surface area contributed by atoms with Gasteiger partial charge in [-0.25, -0.2) is 0 Å².